The van der Waals surface area contributed by atoms with Gasteiger partial charge in [0, 0.05) is 11.8 Å². The Hall–Kier alpha value is -2.42. The number of anilines is 1. The third-order valence-electron chi connectivity index (χ3n) is 3.14. The van der Waals surface area contributed by atoms with Gasteiger partial charge >= 0.3 is 0 Å². The molecule has 0 heterocycles. The Balaban J connectivity index is 1.96. The van der Waals surface area contributed by atoms with Crippen molar-refractivity contribution < 1.29 is 9.18 Å². The van der Waals surface area contributed by atoms with E-state index < -0.39 is 0 Å². The molecule has 0 saturated carbocycles. The van der Waals surface area contributed by atoms with Crippen LogP contribution in [0.15, 0.2) is 54.6 Å². The van der Waals surface area contributed by atoms with Crippen LogP contribution in [0.3, 0.4) is 0 Å². The van der Waals surface area contributed by atoms with Gasteiger partial charge in [-0.1, -0.05) is 38.1 Å². The second-order valence-electron chi connectivity index (χ2n) is 5.15. The number of hydrogen-bond acceptors (Lipinski definition) is 1. The fraction of sp³-hybridized carbons (Fsp3) is 0.167. The van der Waals surface area contributed by atoms with E-state index in [9.17, 15) is 9.18 Å². The van der Waals surface area contributed by atoms with Crippen molar-refractivity contribution in [3.8, 4) is 0 Å². The molecule has 3 heteroatoms. The Morgan fingerprint density at radius 3 is 2.24 bits per heavy atom. The Morgan fingerprint density at radius 2 is 1.67 bits per heavy atom. The summed E-state index contributed by atoms with van der Waals surface area (Å²) >= 11 is 0. The van der Waals surface area contributed by atoms with E-state index in [1.807, 2.05) is 12.1 Å². The first-order valence-corrected chi connectivity index (χ1v) is 6.89. The Bertz CT molecular complexity index is 627. The first kappa shape index (κ1) is 15.0. The molecule has 1 N–H and O–H groups in total. The van der Waals surface area contributed by atoms with Gasteiger partial charge in [0.05, 0.1) is 0 Å². The fourth-order valence-electron chi connectivity index (χ4n) is 1.88. The van der Waals surface area contributed by atoms with E-state index in [2.05, 4.69) is 31.3 Å². The molecule has 0 aliphatic heterocycles. The summed E-state index contributed by atoms with van der Waals surface area (Å²) in [5, 5.41) is 2.68. The van der Waals surface area contributed by atoms with E-state index in [1.165, 1.54) is 35.9 Å². The average Bonchev–Trinajstić information content (AvgIpc) is 2.48. The Morgan fingerprint density at radius 1 is 1.05 bits per heavy atom. The van der Waals surface area contributed by atoms with Crippen molar-refractivity contribution in [2.24, 2.45) is 0 Å². The minimum Gasteiger partial charge on any atom is -0.323 e. The predicted octanol–water partition coefficient (Wildman–Crippen LogP) is 4.60. The van der Waals surface area contributed by atoms with Crippen LogP contribution in [-0.2, 0) is 4.79 Å². The second kappa shape index (κ2) is 6.84. The first-order chi connectivity index (χ1) is 10.0. The van der Waals surface area contributed by atoms with E-state index in [0.29, 0.717) is 11.6 Å². The molecule has 0 fully saturated rings. The molecule has 0 aromatic heterocycles. The summed E-state index contributed by atoms with van der Waals surface area (Å²) in [5.74, 6) is -0.0758. The van der Waals surface area contributed by atoms with Crippen molar-refractivity contribution in [2.75, 3.05) is 5.32 Å². The van der Waals surface area contributed by atoms with Gasteiger partial charge in [-0.3, -0.25) is 4.79 Å². The van der Waals surface area contributed by atoms with Gasteiger partial charge in [0.1, 0.15) is 5.82 Å². The molecule has 2 nitrogen and oxygen atoms in total. The van der Waals surface area contributed by atoms with E-state index in [1.54, 1.807) is 6.08 Å². The summed E-state index contributed by atoms with van der Waals surface area (Å²) in [6.07, 6.45) is 3.22. The molecular formula is C18H18FNO. The Labute approximate surface area is 124 Å². The molecule has 0 radical (unpaired) electrons. The maximum absolute atomic E-state index is 12.8. The van der Waals surface area contributed by atoms with Crippen LogP contribution < -0.4 is 5.32 Å². The van der Waals surface area contributed by atoms with Crippen molar-refractivity contribution in [3.63, 3.8) is 0 Å². The molecule has 108 valence electrons. The minimum absolute atomic E-state index is 0.241. The van der Waals surface area contributed by atoms with Gasteiger partial charge in [-0.2, -0.15) is 0 Å². The predicted molar refractivity (Wildman–Crippen MR) is 84.6 cm³/mol. The van der Waals surface area contributed by atoms with Crippen LogP contribution in [0.1, 0.15) is 30.9 Å². The van der Waals surface area contributed by atoms with Crippen molar-refractivity contribution in [1.29, 1.82) is 0 Å². The topological polar surface area (TPSA) is 29.1 Å². The number of rotatable bonds is 4. The zero-order chi connectivity index (χ0) is 15.2. The molecule has 1 amide bonds. The van der Waals surface area contributed by atoms with Crippen molar-refractivity contribution in [3.05, 3.63) is 71.6 Å². The lowest BCUT2D eigenvalue weighted by Crippen LogP contribution is -2.07. The highest BCUT2D eigenvalue weighted by atomic mass is 19.1. The highest BCUT2D eigenvalue weighted by molar-refractivity contribution is 6.01. The van der Waals surface area contributed by atoms with E-state index in [4.69, 9.17) is 0 Å². The molecule has 2 aromatic carbocycles. The highest BCUT2D eigenvalue weighted by Crippen LogP contribution is 2.15. The average molecular weight is 283 g/mol. The zero-order valence-electron chi connectivity index (χ0n) is 12.1. The lowest BCUT2D eigenvalue weighted by molar-refractivity contribution is -0.111. The van der Waals surface area contributed by atoms with Crippen LogP contribution >= 0.6 is 0 Å². The van der Waals surface area contributed by atoms with Gasteiger partial charge in [-0.15, -0.1) is 0 Å². The molecule has 0 saturated heterocycles. The summed E-state index contributed by atoms with van der Waals surface area (Å²) < 4.78 is 12.8. The summed E-state index contributed by atoms with van der Waals surface area (Å²) in [7, 11) is 0. The lowest BCUT2D eigenvalue weighted by Gasteiger charge is -2.04. The molecule has 0 aliphatic rings. The number of halogens is 1. The summed E-state index contributed by atoms with van der Waals surface area (Å²) in [5.41, 5.74) is 2.80. The normalized spacial score (nSPS) is 11.0. The molecule has 0 spiro atoms. The summed E-state index contributed by atoms with van der Waals surface area (Å²) in [6.45, 7) is 4.28. The van der Waals surface area contributed by atoms with Crippen LogP contribution in [-0.4, -0.2) is 5.91 Å². The van der Waals surface area contributed by atoms with Crippen LogP contribution in [0.25, 0.3) is 6.08 Å². The standard InChI is InChI=1S/C18H18FNO/c1-13(2)15-6-3-14(4-7-15)5-12-18(21)20-17-10-8-16(19)9-11-17/h3-13H,1-2H3,(H,20,21)/b12-5+. The molecular weight excluding hydrogens is 265 g/mol. The number of benzene rings is 2. The quantitative estimate of drug-likeness (QED) is 0.816. The minimum atomic E-state index is -0.325. The van der Waals surface area contributed by atoms with Crippen LogP contribution in [0.5, 0.6) is 0 Å². The second-order valence-corrected chi connectivity index (χ2v) is 5.15. The summed E-state index contributed by atoms with van der Waals surface area (Å²) in [6, 6.07) is 13.8. The molecule has 0 atom stereocenters. The van der Waals surface area contributed by atoms with Gasteiger partial charge in [-0.05, 0) is 47.4 Å². The monoisotopic (exact) mass is 283 g/mol. The van der Waals surface area contributed by atoms with Gasteiger partial charge in [0.2, 0.25) is 5.91 Å². The zero-order valence-corrected chi connectivity index (χ0v) is 12.1. The van der Waals surface area contributed by atoms with E-state index >= 15 is 0 Å². The number of amides is 1. The third-order valence-corrected chi connectivity index (χ3v) is 3.14. The van der Waals surface area contributed by atoms with Crippen molar-refractivity contribution in [2.45, 2.75) is 19.8 Å². The number of hydrogen-bond donors (Lipinski definition) is 1. The summed E-state index contributed by atoms with van der Waals surface area (Å²) in [4.78, 5) is 11.8. The molecule has 2 rings (SSSR count). The van der Waals surface area contributed by atoms with Crippen molar-refractivity contribution in [1.82, 2.24) is 0 Å². The van der Waals surface area contributed by atoms with Crippen LogP contribution in [0.2, 0.25) is 0 Å². The smallest absolute Gasteiger partial charge is 0.248 e. The van der Waals surface area contributed by atoms with Gasteiger partial charge < -0.3 is 5.32 Å². The molecule has 21 heavy (non-hydrogen) atoms. The van der Waals surface area contributed by atoms with E-state index in [0.717, 1.165) is 5.56 Å². The fourth-order valence-corrected chi connectivity index (χ4v) is 1.88. The van der Waals surface area contributed by atoms with Gasteiger partial charge in [0.25, 0.3) is 0 Å². The van der Waals surface area contributed by atoms with Gasteiger partial charge in [-0.25, -0.2) is 4.39 Å². The van der Waals surface area contributed by atoms with Gasteiger partial charge in [0.15, 0.2) is 0 Å². The molecule has 2 aromatic rings. The van der Waals surface area contributed by atoms with E-state index in [-0.39, 0.29) is 11.7 Å². The van der Waals surface area contributed by atoms with Crippen molar-refractivity contribution >= 4 is 17.7 Å². The number of carbonyl (C=O) groups is 1. The molecule has 0 bridgehead atoms. The SMILES string of the molecule is CC(C)c1ccc(/C=C/C(=O)Nc2ccc(F)cc2)cc1. The van der Waals surface area contributed by atoms with Crippen LogP contribution in [0, 0.1) is 5.82 Å². The number of carbonyl (C=O) groups excluding carboxylic acids is 1. The third kappa shape index (κ3) is 4.56. The maximum atomic E-state index is 12.8. The van der Waals surface area contributed by atoms with Crippen LogP contribution in [0.4, 0.5) is 10.1 Å². The lowest BCUT2D eigenvalue weighted by atomic mass is 10.0. The highest BCUT2D eigenvalue weighted by Gasteiger charge is 1.99. The number of nitrogens with one attached hydrogen (secondary N) is 1. The largest absolute Gasteiger partial charge is 0.323 e. The Kier molecular flexibility index (Phi) is 4.88. The molecule has 0 unspecified atom stereocenters. The maximum Gasteiger partial charge on any atom is 0.248 e. The molecule has 0 aliphatic carbocycles. The first-order valence-electron chi connectivity index (χ1n) is 6.89.